The molecule has 0 saturated heterocycles. The molecule has 0 aromatic carbocycles. The van der Waals surface area contributed by atoms with Gasteiger partial charge in [-0.2, -0.15) is 0 Å². The van der Waals surface area contributed by atoms with Crippen molar-refractivity contribution in [3.05, 3.63) is 0 Å². The van der Waals surface area contributed by atoms with Crippen LogP contribution in [0.25, 0.3) is 0 Å². The van der Waals surface area contributed by atoms with E-state index in [9.17, 15) is 19.2 Å². The van der Waals surface area contributed by atoms with Crippen LogP contribution in [0.4, 0.5) is 0 Å². The lowest BCUT2D eigenvalue weighted by molar-refractivity contribution is -0.147. The number of rotatable bonds is 30. The zero-order chi connectivity index (χ0) is 35.6. The first-order chi connectivity index (χ1) is 23.6. The number of carbonyl (C=O) groups is 4. The standard InChI is InChI=1S/C21H36O4.C20H34O4/c1-25-19(24)21(16-17-21)13-11-9-7-5-3-2-4-6-8-10-12-20(14-15-20)18(22)23;21-17(22)19(13-14-19)11-9-7-5-3-1-2-4-6-8-10-12-20(15-16-20)18(23)24/h2-17H2,1H3,(H,22,23);1-16H2,(H,21,22)(H,23,24). The average Bonchev–Trinajstić information content (AvgIpc) is 3.90. The second kappa shape index (κ2) is 20.7. The lowest BCUT2D eigenvalue weighted by atomic mass is 9.97. The maximum absolute atomic E-state index is 11.6. The Hall–Kier alpha value is -2.12. The van der Waals surface area contributed by atoms with E-state index in [1.165, 1.54) is 110 Å². The third kappa shape index (κ3) is 14.6. The molecule has 0 bridgehead atoms. The van der Waals surface area contributed by atoms with Gasteiger partial charge in [0.1, 0.15) is 0 Å². The van der Waals surface area contributed by atoms with Crippen LogP contribution < -0.4 is 0 Å². The Bertz CT molecular complexity index is 979. The fraction of sp³-hybridized carbons (Fsp3) is 0.902. The lowest BCUT2D eigenvalue weighted by Crippen LogP contribution is -2.17. The van der Waals surface area contributed by atoms with Crippen LogP contribution in [-0.4, -0.2) is 46.3 Å². The highest BCUT2D eigenvalue weighted by molar-refractivity contribution is 5.80. The third-order valence-corrected chi connectivity index (χ3v) is 12.5. The van der Waals surface area contributed by atoms with Gasteiger partial charge >= 0.3 is 23.9 Å². The summed E-state index contributed by atoms with van der Waals surface area (Å²) in [6, 6.07) is 0. The van der Waals surface area contributed by atoms with E-state index in [0.29, 0.717) is 0 Å². The van der Waals surface area contributed by atoms with Crippen LogP contribution in [0.3, 0.4) is 0 Å². The summed E-state index contributed by atoms with van der Waals surface area (Å²) >= 11 is 0. The van der Waals surface area contributed by atoms with E-state index in [4.69, 9.17) is 20.1 Å². The van der Waals surface area contributed by atoms with Gasteiger partial charge in [0.2, 0.25) is 0 Å². The normalized spacial score (nSPS) is 19.6. The molecule has 49 heavy (non-hydrogen) atoms. The Balaban J connectivity index is 0.000000266. The Morgan fingerprint density at radius 2 is 0.551 bits per heavy atom. The van der Waals surface area contributed by atoms with E-state index in [2.05, 4.69) is 0 Å². The SMILES string of the molecule is COC(=O)C1(CCCCCCCCCCCCC2(C(=O)O)CC2)CC1.O=C(O)C1(CCCCCCCCCCCCC2(C(=O)O)CC2)CC1. The predicted octanol–water partition coefficient (Wildman–Crippen LogP) is 10.9. The molecule has 4 aliphatic rings. The highest BCUT2D eigenvalue weighted by atomic mass is 16.5. The van der Waals surface area contributed by atoms with Crippen LogP contribution in [0.5, 0.6) is 0 Å². The van der Waals surface area contributed by atoms with Crippen molar-refractivity contribution in [1.29, 1.82) is 0 Å². The molecule has 0 radical (unpaired) electrons. The van der Waals surface area contributed by atoms with Gasteiger partial charge in [-0.3, -0.25) is 19.2 Å². The van der Waals surface area contributed by atoms with Crippen molar-refractivity contribution in [1.82, 2.24) is 0 Å². The number of methoxy groups -OCH3 is 1. The summed E-state index contributed by atoms with van der Waals surface area (Å²) < 4.78 is 4.89. The molecule has 8 nitrogen and oxygen atoms in total. The van der Waals surface area contributed by atoms with Gasteiger partial charge in [0.05, 0.1) is 28.8 Å². The first kappa shape index (κ1) is 41.3. The van der Waals surface area contributed by atoms with Gasteiger partial charge in [-0.1, -0.05) is 128 Å². The van der Waals surface area contributed by atoms with Crippen LogP contribution in [0.1, 0.15) is 205 Å². The van der Waals surface area contributed by atoms with Crippen molar-refractivity contribution < 1.29 is 39.2 Å². The summed E-state index contributed by atoms with van der Waals surface area (Å²) in [5.74, 6) is -1.74. The molecule has 3 N–H and O–H groups in total. The predicted molar refractivity (Wildman–Crippen MR) is 192 cm³/mol. The topological polar surface area (TPSA) is 138 Å². The van der Waals surface area contributed by atoms with Gasteiger partial charge in [0, 0.05) is 0 Å². The number of carboxylic acids is 3. The largest absolute Gasteiger partial charge is 0.481 e. The number of hydrogen-bond donors (Lipinski definition) is 3. The molecule has 282 valence electrons. The number of carbonyl (C=O) groups excluding carboxylic acids is 1. The van der Waals surface area contributed by atoms with E-state index in [0.717, 1.165) is 103 Å². The molecule has 4 aliphatic carbocycles. The lowest BCUT2D eigenvalue weighted by Gasteiger charge is -2.11. The number of unbranched alkanes of at least 4 members (excludes halogenated alkanes) is 18. The van der Waals surface area contributed by atoms with E-state index in [1.807, 2.05) is 0 Å². The Kier molecular flexibility index (Phi) is 17.4. The van der Waals surface area contributed by atoms with Gasteiger partial charge in [0.25, 0.3) is 0 Å². The number of carboxylic acid groups (broad SMARTS) is 3. The second-order valence-corrected chi connectivity index (χ2v) is 16.6. The second-order valence-electron chi connectivity index (χ2n) is 16.6. The molecule has 0 spiro atoms. The van der Waals surface area contributed by atoms with Crippen molar-refractivity contribution in [2.75, 3.05) is 7.11 Å². The number of ether oxygens (including phenoxy) is 1. The first-order valence-electron chi connectivity index (χ1n) is 20.3. The Labute approximate surface area is 296 Å². The molecule has 0 aromatic rings. The third-order valence-electron chi connectivity index (χ3n) is 12.5. The summed E-state index contributed by atoms with van der Waals surface area (Å²) in [6.45, 7) is 0. The zero-order valence-corrected chi connectivity index (χ0v) is 31.0. The van der Waals surface area contributed by atoms with Crippen LogP contribution >= 0.6 is 0 Å². The van der Waals surface area contributed by atoms with Gasteiger partial charge in [-0.25, -0.2) is 0 Å². The maximum atomic E-state index is 11.6. The van der Waals surface area contributed by atoms with Gasteiger partial charge in [0.15, 0.2) is 0 Å². The molecule has 4 rings (SSSR count). The van der Waals surface area contributed by atoms with Gasteiger partial charge in [-0.15, -0.1) is 0 Å². The van der Waals surface area contributed by atoms with Crippen LogP contribution in [0.2, 0.25) is 0 Å². The number of hydrogen-bond acceptors (Lipinski definition) is 5. The van der Waals surface area contributed by atoms with Crippen LogP contribution in [0.15, 0.2) is 0 Å². The monoisotopic (exact) mass is 691 g/mol. The van der Waals surface area contributed by atoms with Crippen molar-refractivity contribution in [3.8, 4) is 0 Å². The van der Waals surface area contributed by atoms with Gasteiger partial charge < -0.3 is 20.1 Å². The minimum Gasteiger partial charge on any atom is -0.481 e. The average molecular weight is 691 g/mol. The number of aliphatic carboxylic acids is 3. The fourth-order valence-electron chi connectivity index (χ4n) is 7.77. The van der Waals surface area contributed by atoms with Crippen molar-refractivity contribution in [2.24, 2.45) is 21.7 Å². The van der Waals surface area contributed by atoms with Crippen molar-refractivity contribution in [3.63, 3.8) is 0 Å². The summed E-state index contributed by atoms with van der Waals surface area (Å²) in [6.07, 6.45) is 35.4. The number of esters is 1. The molecule has 0 aromatic heterocycles. The fourth-order valence-corrected chi connectivity index (χ4v) is 7.77. The minimum atomic E-state index is -0.585. The zero-order valence-electron chi connectivity index (χ0n) is 31.0. The van der Waals surface area contributed by atoms with E-state index in [1.54, 1.807) is 0 Å². The summed E-state index contributed by atoms with van der Waals surface area (Å²) in [5.41, 5.74) is -1.10. The molecular weight excluding hydrogens is 620 g/mol. The molecule has 4 saturated carbocycles. The molecule has 0 atom stereocenters. The van der Waals surface area contributed by atoms with Crippen LogP contribution in [0, 0.1) is 21.7 Å². The summed E-state index contributed by atoms with van der Waals surface area (Å²) in [4.78, 5) is 44.8. The van der Waals surface area contributed by atoms with E-state index >= 15 is 0 Å². The van der Waals surface area contributed by atoms with E-state index in [-0.39, 0.29) is 27.6 Å². The van der Waals surface area contributed by atoms with Crippen molar-refractivity contribution in [2.45, 2.75) is 205 Å². The Morgan fingerprint density at radius 1 is 0.367 bits per heavy atom. The molecule has 0 unspecified atom stereocenters. The minimum absolute atomic E-state index is 0.00320. The first-order valence-corrected chi connectivity index (χ1v) is 20.3. The quantitative estimate of drug-likeness (QED) is 0.0500. The van der Waals surface area contributed by atoms with Crippen molar-refractivity contribution >= 4 is 23.9 Å². The molecular formula is C41H70O8. The van der Waals surface area contributed by atoms with E-state index < -0.39 is 17.9 Å². The van der Waals surface area contributed by atoms with Crippen LogP contribution in [-0.2, 0) is 23.9 Å². The highest BCUT2D eigenvalue weighted by Gasteiger charge is 2.51. The molecule has 0 aliphatic heterocycles. The van der Waals surface area contributed by atoms with Gasteiger partial charge in [-0.05, 0) is 77.0 Å². The molecule has 4 fully saturated rings. The smallest absolute Gasteiger partial charge is 0.311 e. The highest BCUT2D eigenvalue weighted by Crippen LogP contribution is 2.52. The summed E-state index contributed by atoms with van der Waals surface area (Å²) in [5, 5.41) is 27.4. The maximum Gasteiger partial charge on any atom is 0.311 e. The molecule has 0 heterocycles. The molecule has 0 amide bonds. The molecule has 8 heteroatoms. The Morgan fingerprint density at radius 3 is 0.714 bits per heavy atom. The summed E-state index contributed by atoms with van der Waals surface area (Å²) in [7, 11) is 1.50.